The molecule has 5 aromatic rings. The van der Waals surface area contributed by atoms with Crippen LogP contribution in [0.4, 0.5) is 0 Å². The minimum atomic E-state index is -3.20. The van der Waals surface area contributed by atoms with Crippen LogP contribution in [-0.4, -0.2) is 3.26 Å². The first kappa shape index (κ1) is 32.8. The molecule has 1 heteroatoms. The zero-order valence-corrected chi connectivity index (χ0v) is 33.4. The molecule has 0 aromatic heterocycles. The van der Waals surface area contributed by atoms with E-state index in [0.717, 1.165) is 0 Å². The van der Waals surface area contributed by atoms with Gasteiger partial charge in [-0.3, -0.25) is 0 Å². The van der Waals surface area contributed by atoms with Crippen molar-refractivity contribution in [1.82, 2.24) is 0 Å². The van der Waals surface area contributed by atoms with E-state index in [2.05, 4.69) is 189 Å². The molecule has 0 saturated carbocycles. The number of fused-ring (bicyclic) bond motifs is 3. The van der Waals surface area contributed by atoms with Crippen LogP contribution >= 0.6 is 0 Å². The molecular formula is C47H48Hf. The first-order valence-electron chi connectivity index (χ1n) is 17.5. The Morgan fingerprint density at radius 2 is 1.04 bits per heavy atom. The summed E-state index contributed by atoms with van der Waals surface area (Å²) in [6, 6.07) is 44.5. The summed E-state index contributed by atoms with van der Waals surface area (Å²) in [4.78, 5) is 0. The summed E-state index contributed by atoms with van der Waals surface area (Å²) in [5.41, 5.74) is 17.5. The van der Waals surface area contributed by atoms with E-state index in [-0.39, 0.29) is 10.8 Å². The van der Waals surface area contributed by atoms with Crippen molar-refractivity contribution in [2.24, 2.45) is 0 Å². The summed E-state index contributed by atoms with van der Waals surface area (Å²) in [6.45, 7) is 18.8. The zero-order chi connectivity index (χ0) is 33.8. The number of aryl methyl sites for hydroxylation is 2. The third-order valence-corrected chi connectivity index (χ3v) is 23.3. The number of rotatable bonds is 5. The van der Waals surface area contributed by atoms with Crippen molar-refractivity contribution in [2.75, 3.05) is 0 Å². The maximum absolute atomic E-state index is 3.20. The Labute approximate surface area is 296 Å². The normalized spacial score (nSPS) is 15.7. The van der Waals surface area contributed by atoms with Crippen LogP contribution in [0, 0.1) is 13.8 Å². The molecule has 5 aromatic carbocycles. The molecule has 2 aliphatic carbocycles. The summed E-state index contributed by atoms with van der Waals surface area (Å²) >= 11 is -3.20. The molecule has 48 heavy (non-hydrogen) atoms. The monoisotopic (exact) mass is 792 g/mol. The van der Waals surface area contributed by atoms with E-state index in [4.69, 9.17) is 0 Å². The minimum absolute atomic E-state index is 0.0677. The van der Waals surface area contributed by atoms with E-state index in [9.17, 15) is 0 Å². The standard InChI is InChI=1S/C21H25.C13H13.C13H10.Hf/c1-20(2,3)16-7-9-18-14(12-16)11-15-13-17(21(4,5)6)8-10-19(15)18;1-10-6-5-7-11(2)13(10)12-8-3-4-9-12;1-3-7-12(8-4-1)11-13-9-5-2-6-10-13;/h7-13H,1-6H3;3-9H,1-2H3;1-10H;. The Bertz CT molecular complexity index is 1970. The van der Waals surface area contributed by atoms with E-state index in [1.165, 1.54) is 55.6 Å². The number of benzene rings is 5. The average Bonchev–Trinajstić information content (AvgIpc) is 3.66. The van der Waals surface area contributed by atoms with Crippen molar-refractivity contribution < 1.29 is 21.0 Å². The Hall–Kier alpha value is -3.68. The van der Waals surface area contributed by atoms with Gasteiger partial charge in [0.05, 0.1) is 0 Å². The number of hydrogen-bond acceptors (Lipinski definition) is 0. The number of allylic oxidation sites excluding steroid dienone is 4. The van der Waals surface area contributed by atoms with E-state index < -0.39 is 21.0 Å². The van der Waals surface area contributed by atoms with E-state index in [0.29, 0.717) is 7.35 Å². The fourth-order valence-corrected chi connectivity index (χ4v) is 22.3. The SMILES string of the molecule is Cc1cccc(C)c1C1=CC=C[CH]1[Hf](=[C](c1ccccc1)c1ccccc1)[CH]1c2cc(C(C)(C)C)ccc2-c2ccc(C(C)(C)C)cc21. The van der Waals surface area contributed by atoms with Crippen molar-refractivity contribution in [2.45, 2.75) is 73.6 Å². The van der Waals surface area contributed by atoms with Crippen molar-refractivity contribution in [3.63, 3.8) is 0 Å². The van der Waals surface area contributed by atoms with E-state index >= 15 is 0 Å². The fraction of sp³-hybridized carbons (Fsp3) is 0.255. The molecule has 240 valence electrons. The van der Waals surface area contributed by atoms with Gasteiger partial charge < -0.3 is 0 Å². The predicted molar refractivity (Wildman–Crippen MR) is 204 cm³/mol. The van der Waals surface area contributed by atoms with E-state index in [1.807, 2.05) is 0 Å². The van der Waals surface area contributed by atoms with Gasteiger partial charge in [-0.1, -0.05) is 0 Å². The van der Waals surface area contributed by atoms with Crippen LogP contribution in [0.3, 0.4) is 0 Å². The van der Waals surface area contributed by atoms with Crippen LogP contribution in [0.5, 0.6) is 0 Å². The van der Waals surface area contributed by atoms with Crippen molar-refractivity contribution in [3.05, 3.63) is 184 Å². The summed E-state index contributed by atoms with van der Waals surface area (Å²) in [5, 5.41) is 0. The molecule has 0 nitrogen and oxygen atoms in total. The number of hydrogen-bond donors (Lipinski definition) is 0. The van der Waals surface area contributed by atoms with Crippen molar-refractivity contribution in [1.29, 1.82) is 0 Å². The van der Waals surface area contributed by atoms with Gasteiger partial charge in [0.2, 0.25) is 0 Å². The molecule has 0 saturated heterocycles. The summed E-state index contributed by atoms with van der Waals surface area (Å²) in [6.07, 6.45) is 7.42. The second-order valence-electron chi connectivity index (χ2n) is 15.9. The molecule has 0 heterocycles. The van der Waals surface area contributed by atoms with Gasteiger partial charge in [0.1, 0.15) is 0 Å². The molecule has 0 aliphatic heterocycles. The molecule has 1 unspecified atom stereocenters. The van der Waals surface area contributed by atoms with Crippen LogP contribution in [0.25, 0.3) is 16.7 Å². The van der Waals surface area contributed by atoms with Crippen LogP contribution in [0.1, 0.15) is 95.3 Å². The molecule has 0 amide bonds. The van der Waals surface area contributed by atoms with Crippen molar-refractivity contribution >= 4 is 8.83 Å². The van der Waals surface area contributed by atoms with Crippen LogP contribution in [-0.2, 0) is 31.8 Å². The second-order valence-corrected chi connectivity index (χ2v) is 25.2. The summed E-state index contributed by atoms with van der Waals surface area (Å²) in [5.74, 6) is 0. The average molecular weight is 791 g/mol. The molecule has 7 rings (SSSR count). The third-order valence-electron chi connectivity index (χ3n) is 10.5. The predicted octanol–water partition coefficient (Wildman–Crippen LogP) is 12.3. The molecular weight excluding hydrogens is 743 g/mol. The fourth-order valence-electron chi connectivity index (χ4n) is 7.98. The molecule has 0 fully saturated rings. The third kappa shape index (κ3) is 5.94. The molecule has 0 radical (unpaired) electrons. The second kappa shape index (κ2) is 12.6. The van der Waals surface area contributed by atoms with Gasteiger partial charge in [0, 0.05) is 0 Å². The van der Waals surface area contributed by atoms with Gasteiger partial charge in [-0.05, 0) is 0 Å². The Morgan fingerprint density at radius 3 is 1.50 bits per heavy atom. The quantitative estimate of drug-likeness (QED) is 0.156. The van der Waals surface area contributed by atoms with Crippen LogP contribution < -0.4 is 0 Å². The van der Waals surface area contributed by atoms with Crippen LogP contribution in [0.15, 0.2) is 133 Å². The molecule has 2 aliphatic rings. The first-order valence-corrected chi connectivity index (χ1v) is 23.5. The van der Waals surface area contributed by atoms with Gasteiger partial charge in [-0.15, -0.1) is 0 Å². The van der Waals surface area contributed by atoms with Gasteiger partial charge >= 0.3 is 298 Å². The summed E-state index contributed by atoms with van der Waals surface area (Å²) < 4.78 is 2.40. The maximum atomic E-state index is 2.61. The molecule has 0 spiro atoms. The Balaban J connectivity index is 1.63. The molecule has 1 atom stereocenters. The first-order chi connectivity index (χ1) is 22.9. The Morgan fingerprint density at radius 1 is 0.562 bits per heavy atom. The van der Waals surface area contributed by atoms with Crippen LogP contribution in [0.2, 0.25) is 3.67 Å². The summed E-state index contributed by atoms with van der Waals surface area (Å²) in [7, 11) is 0. The Kier molecular flexibility index (Phi) is 8.66. The van der Waals surface area contributed by atoms with Gasteiger partial charge in [0.25, 0.3) is 0 Å². The molecule has 0 N–H and O–H groups in total. The zero-order valence-electron chi connectivity index (χ0n) is 29.9. The molecule has 0 bridgehead atoms. The van der Waals surface area contributed by atoms with E-state index in [1.54, 1.807) is 14.4 Å². The van der Waals surface area contributed by atoms with Gasteiger partial charge in [0.15, 0.2) is 0 Å². The topological polar surface area (TPSA) is 0 Å². The van der Waals surface area contributed by atoms with Gasteiger partial charge in [-0.2, -0.15) is 0 Å². The van der Waals surface area contributed by atoms with Gasteiger partial charge in [-0.25, -0.2) is 0 Å². The van der Waals surface area contributed by atoms with Crippen molar-refractivity contribution in [3.8, 4) is 11.1 Å².